The second-order valence-electron chi connectivity index (χ2n) is 4.12. The molecule has 0 aromatic carbocycles. The quantitative estimate of drug-likeness (QED) is 0.748. The Hall–Kier alpha value is -0.650. The maximum atomic E-state index is 9.08. The second kappa shape index (κ2) is 7.71. The summed E-state index contributed by atoms with van der Waals surface area (Å²) in [5.41, 5.74) is 2.26. The summed E-state index contributed by atoms with van der Waals surface area (Å²) in [4.78, 5) is 2.15. The van der Waals surface area contributed by atoms with Gasteiger partial charge in [-0.25, -0.2) is 0 Å². The molecule has 1 aromatic rings. The molecule has 0 amide bonds. The van der Waals surface area contributed by atoms with Gasteiger partial charge in [-0.2, -0.15) is 5.10 Å². The molecule has 4 nitrogen and oxygen atoms in total. The molecule has 102 valence electrons. The van der Waals surface area contributed by atoms with Crippen molar-refractivity contribution in [2.45, 2.75) is 33.4 Å². The predicted octanol–water partition coefficient (Wildman–Crippen LogP) is 2.21. The number of hydrogen-bond donors (Lipinski definition) is 1. The number of nitrogens with zero attached hydrogens (tertiary/aromatic N) is 3. The molecule has 18 heavy (non-hydrogen) atoms. The second-order valence-corrected chi connectivity index (χ2v) is 4.92. The Morgan fingerprint density at radius 3 is 2.72 bits per heavy atom. The Balaban J connectivity index is 2.92. The van der Waals surface area contributed by atoms with Gasteiger partial charge in [-0.1, -0.05) is 13.0 Å². The average molecular weight is 316 g/mol. The molecule has 0 aliphatic heterocycles. The van der Waals surface area contributed by atoms with Gasteiger partial charge in [0.1, 0.15) is 0 Å². The average Bonchev–Trinajstić information content (AvgIpc) is 2.67. The molecule has 1 heterocycles. The molecule has 0 aliphatic rings. The zero-order valence-electron chi connectivity index (χ0n) is 11.2. The van der Waals surface area contributed by atoms with Crippen LogP contribution in [0.15, 0.2) is 17.1 Å². The van der Waals surface area contributed by atoms with Gasteiger partial charge in [0, 0.05) is 26.2 Å². The first-order chi connectivity index (χ1) is 8.67. The molecule has 0 bridgehead atoms. The summed E-state index contributed by atoms with van der Waals surface area (Å²) < 4.78 is 3.12. The van der Waals surface area contributed by atoms with Crippen LogP contribution in [0.25, 0.3) is 0 Å². The van der Waals surface area contributed by atoms with Gasteiger partial charge < -0.3 is 5.11 Å². The van der Waals surface area contributed by atoms with Crippen LogP contribution in [0.4, 0.5) is 0 Å². The highest BCUT2D eigenvalue weighted by Gasteiger charge is 2.16. The number of aliphatic hydroxyl groups excluding tert-OH is 1. The number of aryl methyl sites for hydroxylation is 2. The number of aliphatic hydroxyl groups is 1. The van der Waals surface area contributed by atoms with E-state index < -0.39 is 0 Å². The minimum Gasteiger partial charge on any atom is -0.395 e. The van der Waals surface area contributed by atoms with Crippen molar-refractivity contribution in [2.75, 3.05) is 19.7 Å². The van der Waals surface area contributed by atoms with Gasteiger partial charge in [0.2, 0.25) is 0 Å². The van der Waals surface area contributed by atoms with Crippen molar-refractivity contribution in [1.29, 1.82) is 0 Å². The van der Waals surface area contributed by atoms with Crippen molar-refractivity contribution >= 4 is 15.9 Å². The molecule has 0 spiro atoms. The summed E-state index contributed by atoms with van der Waals surface area (Å²) in [5, 5.41) is 13.7. The number of halogens is 1. The fourth-order valence-electron chi connectivity index (χ4n) is 1.94. The van der Waals surface area contributed by atoms with Crippen LogP contribution in [0.3, 0.4) is 0 Å². The maximum Gasteiger partial charge on any atom is 0.0767 e. The molecular weight excluding hydrogens is 294 g/mol. The summed E-state index contributed by atoms with van der Waals surface area (Å²) in [6, 6.07) is 0. The molecule has 1 rings (SSSR count). The lowest BCUT2D eigenvalue weighted by atomic mass is 10.3. The minimum absolute atomic E-state index is 0.159. The van der Waals surface area contributed by atoms with Gasteiger partial charge in [0.25, 0.3) is 0 Å². The summed E-state index contributed by atoms with van der Waals surface area (Å²) in [7, 11) is 0. The van der Waals surface area contributed by atoms with E-state index in [1.54, 1.807) is 0 Å². The molecule has 1 N–H and O–H groups in total. The van der Waals surface area contributed by atoms with Gasteiger partial charge in [-0.15, -0.1) is 6.58 Å². The first kappa shape index (κ1) is 15.4. The van der Waals surface area contributed by atoms with Crippen molar-refractivity contribution in [2.24, 2.45) is 0 Å². The highest BCUT2D eigenvalue weighted by molar-refractivity contribution is 9.10. The maximum absolute atomic E-state index is 9.08. The van der Waals surface area contributed by atoms with E-state index in [2.05, 4.69) is 46.4 Å². The van der Waals surface area contributed by atoms with Crippen molar-refractivity contribution in [1.82, 2.24) is 14.7 Å². The normalized spacial score (nSPS) is 11.2. The molecule has 0 atom stereocenters. The van der Waals surface area contributed by atoms with E-state index in [4.69, 9.17) is 5.11 Å². The topological polar surface area (TPSA) is 41.3 Å². The Kier molecular flexibility index (Phi) is 6.60. The molecule has 0 saturated heterocycles. The fourth-order valence-corrected chi connectivity index (χ4v) is 2.63. The van der Waals surface area contributed by atoms with Crippen LogP contribution in [-0.2, 0) is 19.5 Å². The highest BCUT2D eigenvalue weighted by Crippen LogP contribution is 2.23. The number of hydrogen-bond acceptors (Lipinski definition) is 3. The molecule has 1 aromatic heterocycles. The first-order valence-corrected chi connectivity index (χ1v) is 7.15. The first-order valence-electron chi connectivity index (χ1n) is 6.36. The Labute approximate surface area is 117 Å². The lowest BCUT2D eigenvalue weighted by Crippen LogP contribution is -2.28. The van der Waals surface area contributed by atoms with Crippen LogP contribution in [0, 0.1) is 0 Å². The van der Waals surface area contributed by atoms with Crippen LogP contribution in [0.5, 0.6) is 0 Å². The molecule has 0 aliphatic carbocycles. The van der Waals surface area contributed by atoms with E-state index in [1.165, 1.54) is 5.69 Å². The van der Waals surface area contributed by atoms with Gasteiger partial charge in [0.15, 0.2) is 0 Å². The van der Waals surface area contributed by atoms with E-state index in [0.29, 0.717) is 6.54 Å². The van der Waals surface area contributed by atoms with E-state index in [0.717, 1.165) is 36.2 Å². The van der Waals surface area contributed by atoms with Crippen LogP contribution in [0.2, 0.25) is 0 Å². The van der Waals surface area contributed by atoms with Crippen molar-refractivity contribution < 1.29 is 5.11 Å². The van der Waals surface area contributed by atoms with Crippen LogP contribution in [-0.4, -0.2) is 39.5 Å². The standard InChI is InChI=1S/C13H22BrN3O/c1-4-7-16(8-9-18)10-12-13(14)11(5-2)15-17(12)6-3/h4,18H,1,5-10H2,2-3H3. The predicted molar refractivity (Wildman–Crippen MR) is 77.5 cm³/mol. The Bertz CT molecular complexity index is 390. The van der Waals surface area contributed by atoms with Gasteiger partial charge in [-0.05, 0) is 29.3 Å². The summed E-state index contributed by atoms with van der Waals surface area (Å²) >= 11 is 3.64. The van der Waals surface area contributed by atoms with Crippen LogP contribution < -0.4 is 0 Å². The van der Waals surface area contributed by atoms with Crippen LogP contribution in [0.1, 0.15) is 25.2 Å². The third-order valence-corrected chi connectivity index (χ3v) is 3.79. The lowest BCUT2D eigenvalue weighted by molar-refractivity contribution is 0.200. The van der Waals surface area contributed by atoms with Gasteiger partial charge in [-0.3, -0.25) is 9.58 Å². The summed E-state index contributed by atoms with van der Waals surface area (Å²) in [6.45, 7) is 11.1. The molecule has 0 fully saturated rings. The van der Waals surface area contributed by atoms with E-state index in [9.17, 15) is 0 Å². The highest BCUT2D eigenvalue weighted by atomic mass is 79.9. The molecule has 5 heteroatoms. The Morgan fingerprint density at radius 2 is 2.22 bits per heavy atom. The fraction of sp³-hybridized carbons (Fsp3) is 0.615. The largest absolute Gasteiger partial charge is 0.395 e. The summed E-state index contributed by atoms with van der Waals surface area (Å²) in [5.74, 6) is 0. The van der Waals surface area contributed by atoms with E-state index >= 15 is 0 Å². The monoisotopic (exact) mass is 315 g/mol. The smallest absolute Gasteiger partial charge is 0.0767 e. The molecule has 0 unspecified atom stereocenters. The van der Waals surface area contributed by atoms with Crippen molar-refractivity contribution in [3.63, 3.8) is 0 Å². The Morgan fingerprint density at radius 1 is 1.50 bits per heavy atom. The van der Waals surface area contributed by atoms with Crippen molar-refractivity contribution in [3.05, 3.63) is 28.5 Å². The third kappa shape index (κ3) is 3.67. The van der Waals surface area contributed by atoms with Crippen LogP contribution >= 0.6 is 15.9 Å². The molecular formula is C13H22BrN3O. The van der Waals surface area contributed by atoms with E-state index in [-0.39, 0.29) is 6.61 Å². The zero-order valence-corrected chi connectivity index (χ0v) is 12.8. The van der Waals surface area contributed by atoms with E-state index in [1.807, 2.05) is 10.8 Å². The third-order valence-electron chi connectivity index (χ3n) is 2.87. The summed E-state index contributed by atoms with van der Waals surface area (Å²) in [6.07, 6.45) is 2.78. The molecule has 0 radical (unpaired) electrons. The molecule has 0 saturated carbocycles. The van der Waals surface area contributed by atoms with Gasteiger partial charge >= 0.3 is 0 Å². The number of aromatic nitrogens is 2. The minimum atomic E-state index is 0.159. The van der Waals surface area contributed by atoms with Crippen molar-refractivity contribution in [3.8, 4) is 0 Å². The zero-order chi connectivity index (χ0) is 13.5. The number of rotatable bonds is 8. The SMILES string of the molecule is C=CCN(CCO)Cc1c(Br)c(CC)nn1CC. The lowest BCUT2D eigenvalue weighted by Gasteiger charge is -2.20. The van der Waals surface area contributed by atoms with Gasteiger partial charge in [0.05, 0.1) is 22.5 Å².